The second-order valence-corrected chi connectivity index (χ2v) is 4.74. The van der Waals surface area contributed by atoms with Crippen LogP contribution in [0.3, 0.4) is 0 Å². The highest BCUT2D eigenvalue weighted by atomic mass is 35.5. The topological polar surface area (TPSA) is 39.2 Å². The molecule has 0 fully saturated rings. The Morgan fingerprint density at radius 1 is 1.47 bits per heavy atom. The molecule has 0 aliphatic rings. The van der Waals surface area contributed by atoms with E-state index in [9.17, 15) is 0 Å². The van der Waals surface area contributed by atoms with E-state index in [1.807, 2.05) is 30.5 Å². The summed E-state index contributed by atoms with van der Waals surface area (Å²) in [6.45, 7) is 0. The summed E-state index contributed by atoms with van der Waals surface area (Å²) in [5.74, 6) is 1.68. The average molecular weight is 242 g/mol. The molecule has 80 valence electrons. The number of nitrogens with two attached hydrogens (primary N) is 1. The number of rotatable bonds is 3. The fourth-order valence-corrected chi connectivity index (χ4v) is 2.18. The predicted octanol–water partition coefficient (Wildman–Crippen LogP) is 3.45. The van der Waals surface area contributed by atoms with E-state index >= 15 is 0 Å². The normalized spacial score (nSPS) is 13.3. The van der Waals surface area contributed by atoms with Gasteiger partial charge in [0.25, 0.3) is 0 Å². The van der Waals surface area contributed by atoms with Crippen LogP contribution in [0.15, 0.2) is 28.7 Å². The summed E-state index contributed by atoms with van der Waals surface area (Å²) < 4.78 is 5.64. The Bertz CT molecular complexity index is 469. The van der Waals surface area contributed by atoms with Crippen molar-refractivity contribution in [3.8, 4) is 0 Å². The van der Waals surface area contributed by atoms with Crippen LogP contribution in [0.1, 0.15) is 11.8 Å². The maximum Gasteiger partial charge on any atom is 0.134 e. The lowest BCUT2D eigenvalue weighted by Crippen LogP contribution is -2.11. The zero-order chi connectivity index (χ0) is 10.8. The van der Waals surface area contributed by atoms with E-state index in [1.54, 1.807) is 11.8 Å². The molecule has 1 aromatic carbocycles. The van der Waals surface area contributed by atoms with Crippen molar-refractivity contribution in [3.63, 3.8) is 0 Å². The van der Waals surface area contributed by atoms with Crippen LogP contribution in [-0.4, -0.2) is 12.0 Å². The van der Waals surface area contributed by atoms with Gasteiger partial charge in [-0.25, -0.2) is 0 Å². The first-order chi connectivity index (χ1) is 7.20. The fraction of sp³-hybridized carbons (Fsp3) is 0.273. The highest BCUT2D eigenvalue weighted by molar-refractivity contribution is 7.98. The largest absolute Gasteiger partial charge is 0.459 e. The molecule has 0 radical (unpaired) electrons. The van der Waals surface area contributed by atoms with Gasteiger partial charge in [0.2, 0.25) is 0 Å². The molecule has 4 heteroatoms. The molecule has 0 spiro atoms. The third kappa shape index (κ3) is 2.30. The molecule has 15 heavy (non-hydrogen) atoms. The van der Waals surface area contributed by atoms with E-state index in [0.717, 1.165) is 22.5 Å². The highest BCUT2D eigenvalue weighted by Gasteiger charge is 2.11. The Morgan fingerprint density at radius 2 is 2.27 bits per heavy atom. The van der Waals surface area contributed by atoms with Crippen molar-refractivity contribution in [2.45, 2.75) is 6.04 Å². The molecule has 1 heterocycles. The maximum absolute atomic E-state index is 5.96. The molecule has 2 rings (SSSR count). The number of thioether (sulfide) groups is 1. The lowest BCUT2D eigenvalue weighted by atomic mass is 10.2. The molecule has 1 atom stereocenters. The van der Waals surface area contributed by atoms with Gasteiger partial charge in [0.05, 0.1) is 6.04 Å². The number of hydrogen-bond acceptors (Lipinski definition) is 3. The molecule has 1 aromatic heterocycles. The molecule has 0 saturated carbocycles. The smallest absolute Gasteiger partial charge is 0.134 e. The van der Waals surface area contributed by atoms with Gasteiger partial charge in [-0.3, -0.25) is 0 Å². The third-order valence-electron chi connectivity index (χ3n) is 2.21. The van der Waals surface area contributed by atoms with Crippen LogP contribution in [0, 0.1) is 0 Å². The lowest BCUT2D eigenvalue weighted by Gasteiger charge is -2.04. The first-order valence-corrected chi connectivity index (χ1v) is 6.41. The van der Waals surface area contributed by atoms with Crippen molar-refractivity contribution < 1.29 is 4.42 Å². The van der Waals surface area contributed by atoms with Crippen LogP contribution in [-0.2, 0) is 0 Å². The lowest BCUT2D eigenvalue weighted by molar-refractivity contribution is 0.516. The summed E-state index contributed by atoms with van der Waals surface area (Å²) in [4.78, 5) is 0. The average Bonchev–Trinajstić information content (AvgIpc) is 2.60. The summed E-state index contributed by atoms with van der Waals surface area (Å²) in [7, 11) is 0. The number of furan rings is 1. The number of fused-ring (bicyclic) bond motifs is 1. The Kier molecular flexibility index (Phi) is 3.24. The van der Waals surface area contributed by atoms with Gasteiger partial charge in [0.15, 0.2) is 0 Å². The van der Waals surface area contributed by atoms with Crippen LogP contribution >= 0.6 is 23.4 Å². The van der Waals surface area contributed by atoms with Crippen molar-refractivity contribution in [3.05, 3.63) is 35.0 Å². The monoisotopic (exact) mass is 241 g/mol. The number of halogens is 1. The fourth-order valence-electron chi connectivity index (χ4n) is 1.48. The minimum absolute atomic E-state index is 0.0498. The molecule has 0 amide bonds. The van der Waals surface area contributed by atoms with Gasteiger partial charge in [-0.15, -0.1) is 0 Å². The Balaban J connectivity index is 2.38. The van der Waals surface area contributed by atoms with E-state index in [-0.39, 0.29) is 6.04 Å². The molecule has 0 aliphatic carbocycles. The number of hydrogen-bond donors (Lipinski definition) is 1. The molecular weight excluding hydrogens is 230 g/mol. The van der Waals surface area contributed by atoms with E-state index in [0.29, 0.717) is 5.02 Å². The summed E-state index contributed by atoms with van der Waals surface area (Å²) in [6.07, 6.45) is 2.03. The highest BCUT2D eigenvalue weighted by Crippen LogP contribution is 2.26. The van der Waals surface area contributed by atoms with Crippen molar-refractivity contribution in [1.29, 1.82) is 0 Å². The molecule has 0 aliphatic heterocycles. The van der Waals surface area contributed by atoms with Gasteiger partial charge >= 0.3 is 0 Å². The Labute approximate surface area is 97.8 Å². The maximum atomic E-state index is 5.96. The molecule has 1 unspecified atom stereocenters. The molecule has 2 aromatic rings. The number of benzene rings is 1. The van der Waals surface area contributed by atoms with Crippen molar-refractivity contribution >= 4 is 34.3 Å². The van der Waals surface area contributed by atoms with Crippen LogP contribution in [0.25, 0.3) is 11.0 Å². The van der Waals surface area contributed by atoms with Crippen molar-refractivity contribution in [2.75, 3.05) is 12.0 Å². The minimum Gasteiger partial charge on any atom is -0.459 e. The van der Waals surface area contributed by atoms with Crippen LogP contribution in [0.5, 0.6) is 0 Å². The third-order valence-corrected chi connectivity index (χ3v) is 3.14. The summed E-state index contributed by atoms with van der Waals surface area (Å²) in [6, 6.07) is 7.48. The van der Waals surface area contributed by atoms with Gasteiger partial charge in [0.1, 0.15) is 11.3 Å². The minimum atomic E-state index is -0.0498. The van der Waals surface area contributed by atoms with Gasteiger partial charge in [-0.05, 0) is 30.5 Å². The predicted molar refractivity (Wildman–Crippen MR) is 66.5 cm³/mol. The van der Waals surface area contributed by atoms with Crippen LogP contribution in [0.2, 0.25) is 5.02 Å². The van der Waals surface area contributed by atoms with Crippen molar-refractivity contribution in [2.24, 2.45) is 5.73 Å². The van der Waals surface area contributed by atoms with Gasteiger partial charge in [-0.1, -0.05) is 11.6 Å². The summed E-state index contributed by atoms with van der Waals surface area (Å²) in [5.41, 5.74) is 6.80. The molecule has 0 saturated heterocycles. The molecule has 2 nitrogen and oxygen atoms in total. The first-order valence-electron chi connectivity index (χ1n) is 4.64. The zero-order valence-corrected chi connectivity index (χ0v) is 9.94. The van der Waals surface area contributed by atoms with Gasteiger partial charge in [-0.2, -0.15) is 11.8 Å². The standard InChI is InChI=1S/C11H12ClNOS/c1-15-6-9(13)11-5-7-4-8(12)2-3-10(7)14-11/h2-5,9H,6,13H2,1H3. The van der Waals surface area contributed by atoms with Gasteiger partial charge < -0.3 is 10.2 Å². The zero-order valence-electron chi connectivity index (χ0n) is 8.37. The van der Waals surface area contributed by atoms with E-state index in [1.165, 1.54) is 0 Å². The summed E-state index contributed by atoms with van der Waals surface area (Å²) in [5, 5.41) is 1.72. The second kappa shape index (κ2) is 4.47. The SMILES string of the molecule is CSCC(N)c1cc2cc(Cl)ccc2o1. The second-order valence-electron chi connectivity index (χ2n) is 3.39. The first kappa shape index (κ1) is 10.9. The van der Waals surface area contributed by atoms with Gasteiger partial charge in [0, 0.05) is 16.2 Å². The van der Waals surface area contributed by atoms with E-state index in [2.05, 4.69) is 0 Å². The Morgan fingerprint density at radius 3 is 3.00 bits per heavy atom. The molecule has 2 N–H and O–H groups in total. The van der Waals surface area contributed by atoms with E-state index < -0.39 is 0 Å². The Hall–Kier alpha value is -0.640. The quantitative estimate of drug-likeness (QED) is 0.895. The van der Waals surface area contributed by atoms with Crippen molar-refractivity contribution in [1.82, 2.24) is 0 Å². The van der Waals surface area contributed by atoms with Crippen LogP contribution in [0.4, 0.5) is 0 Å². The summed E-state index contributed by atoms with van der Waals surface area (Å²) >= 11 is 7.60. The molecule has 0 bridgehead atoms. The van der Waals surface area contributed by atoms with Crippen LogP contribution < -0.4 is 5.73 Å². The molecular formula is C11H12ClNOS. The van der Waals surface area contributed by atoms with E-state index in [4.69, 9.17) is 21.8 Å².